The highest BCUT2D eigenvalue weighted by Gasteiger charge is 2.36. The second-order valence-corrected chi connectivity index (χ2v) is 20.6. The number of nitrogens with zero attached hydrogens (tertiary/aromatic N) is 6. The summed E-state index contributed by atoms with van der Waals surface area (Å²) in [5.74, 6) is 3.45. The summed E-state index contributed by atoms with van der Waals surface area (Å²) >= 11 is 0. The summed E-state index contributed by atoms with van der Waals surface area (Å²) in [6.07, 6.45) is 3.30. The van der Waals surface area contributed by atoms with Crippen molar-refractivity contribution in [2.24, 2.45) is 15.0 Å². The zero-order chi connectivity index (χ0) is 53.5. The zero-order valence-electron chi connectivity index (χ0n) is 44.6. The van der Waals surface area contributed by atoms with E-state index >= 15 is 0 Å². The average Bonchev–Trinajstić information content (AvgIpc) is 4.27. The molecular weight excluding hydrogens is 985 g/mol. The van der Waals surface area contributed by atoms with Gasteiger partial charge in [0.25, 0.3) is 0 Å². The van der Waals surface area contributed by atoms with Gasteiger partial charge in [-0.05, 0) is 107 Å². The fourth-order valence-corrected chi connectivity index (χ4v) is 12.7. The van der Waals surface area contributed by atoms with E-state index in [0.29, 0.717) is 112 Å². The highest BCUT2D eigenvalue weighted by atomic mass is 16.5. The van der Waals surface area contributed by atoms with Crippen LogP contribution >= 0.6 is 0 Å². The van der Waals surface area contributed by atoms with Gasteiger partial charge in [0.05, 0.1) is 75.8 Å². The molecule has 0 atom stereocenters. The molecule has 3 N–H and O–H groups in total. The first-order valence-corrected chi connectivity index (χ1v) is 26.4. The first kappa shape index (κ1) is 48.8. The third-order valence-electron chi connectivity index (χ3n) is 16.8. The predicted octanol–water partition coefficient (Wildman–Crippen LogP) is 5.60. The van der Waals surface area contributed by atoms with Gasteiger partial charge in [0, 0.05) is 126 Å². The van der Waals surface area contributed by atoms with Gasteiger partial charge in [-0.3, -0.25) is 0 Å². The van der Waals surface area contributed by atoms with Gasteiger partial charge in [-0.15, -0.1) is 0 Å². The molecule has 0 amide bonds. The SMILES string of the molecule is COc1ccc2c(c1)=NC1=C3Cc4ccc(OC)c(O)c4CN4CCC5=c6ccc(OC)cc6=NC5=C4Cc4ccc(OC)c(O)c4CN4CCC5=c6ccc(OC)cc6=NC5=C4Cc4ccc(OC)c(O)c4CN3CCC=21. The molecule has 0 fully saturated rings. The molecule has 0 spiro atoms. The second kappa shape index (κ2) is 19.3. The summed E-state index contributed by atoms with van der Waals surface area (Å²) in [4.78, 5) is 23.2. The van der Waals surface area contributed by atoms with Gasteiger partial charge in [0.1, 0.15) is 17.2 Å². The van der Waals surface area contributed by atoms with Gasteiger partial charge in [0.2, 0.25) is 0 Å². The summed E-state index contributed by atoms with van der Waals surface area (Å²) < 4.78 is 34.7. The number of rotatable bonds is 6. The maximum Gasteiger partial charge on any atom is 0.163 e. The van der Waals surface area contributed by atoms with Gasteiger partial charge in [-0.25, -0.2) is 15.0 Å². The zero-order valence-corrected chi connectivity index (χ0v) is 44.6. The molecule has 7 heterocycles. The second-order valence-electron chi connectivity index (χ2n) is 20.6. The van der Waals surface area contributed by atoms with Crippen LogP contribution in [0.2, 0.25) is 0 Å². The molecule has 0 aromatic heterocycles. The van der Waals surface area contributed by atoms with E-state index < -0.39 is 0 Å². The Hall–Kier alpha value is -8.85. The van der Waals surface area contributed by atoms with Crippen molar-refractivity contribution in [3.8, 4) is 51.7 Å². The van der Waals surface area contributed by atoms with Gasteiger partial charge in [-0.1, -0.05) is 18.2 Å². The number of hydrogen-bond donors (Lipinski definition) is 3. The first-order chi connectivity index (χ1) is 38.1. The lowest BCUT2D eigenvalue weighted by atomic mass is 9.90. The van der Waals surface area contributed by atoms with Crippen LogP contribution in [0, 0.1) is 0 Å². The van der Waals surface area contributed by atoms with E-state index in [0.717, 1.165) is 117 Å². The Kier molecular flexibility index (Phi) is 12.1. The molecule has 0 aliphatic carbocycles. The Bertz CT molecular complexity index is 3670. The van der Waals surface area contributed by atoms with Crippen molar-refractivity contribution in [3.05, 3.63) is 190 Å². The van der Waals surface area contributed by atoms with E-state index in [9.17, 15) is 15.3 Å². The lowest BCUT2D eigenvalue weighted by Gasteiger charge is -2.37. The Labute approximate surface area is 450 Å². The Morgan fingerprint density at radius 3 is 0.936 bits per heavy atom. The lowest BCUT2D eigenvalue weighted by molar-refractivity contribution is 0.299. The molecular formula is C63H60N6O9. The van der Waals surface area contributed by atoms with Crippen molar-refractivity contribution >= 4 is 16.7 Å². The number of hydrogen-bond acceptors (Lipinski definition) is 15. The van der Waals surface area contributed by atoms with Crippen LogP contribution in [-0.2, 0) is 38.9 Å². The fraction of sp³-hybridized carbons (Fsp3) is 0.286. The van der Waals surface area contributed by atoms with Crippen LogP contribution in [0.4, 0.5) is 0 Å². The summed E-state index contributed by atoms with van der Waals surface area (Å²) in [6.45, 7) is 2.83. The Morgan fingerprint density at radius 2 is 0.667 bits per heavy atom. The molecule has 6 aromatic carbocycles. The maximum absolute atomic E-state index is 12.5. The average molecular weight is 1050 g/mol. The molecule has 13 rings (SSSR count). The number of ether oxygens (including phenoxy) is 6. The third-order valence-corrected chi connectivity index (χ3v) is 16.8. The lowest BCUT2D eigenvalue weighted by Crippen LogP contribution is -2.34. The number of benzene rings is 6. The van der Waals surface area contributed by atoms with Gasteiger partial charge in [0.15, 0.2) is 34.5 Å². The van der Waals surface area contributed by atoms with Crippen molar-refractivity contribution < 1.29 is 43.7 Å². The number of fused-ring (bicyclic) bond motifs is 12. The van der Waals surface area contributed by atoms with Crippen molar-refractivity contribution in [1.29, 1.82) is 0 Å². The summed E-state index contributed by atoms with van der Waals surface area (Å²) in [5, 5.41) is 43.2. The van der Waals surface area contributed by atoms with Crippen molar-refractivity contribution in [3.63, 3.8) is 0 Å². The number of methoxy groups -OCH3 is 6. The highest BCUT2D eigenvalue weighted by molar-refractivity contribution is 5.72. The summed E-state index contributed by atoms with van der Waals surface area (Å²) in [5.41, 5.74) is 13.7. The minimum atomic E-state index is 0.0590. The van der Waals surface area contributed by atoms with E-state index in [1.807, 2.05) is 54.6 Å². The van der Waals surface area contributed by atoms with Crippen molar-refractivity contribution in [1.82, 2.24) is 14.7 Å². The van der Waals surface area contributed by atoms with E-state index in [-0.39, 0.29) is 17.2 Å². The molecule has 15 nitrogen and oxygen atoms in total. The maximum atomic E-state index is 12.5. The van der Waals surface area contributed by atoms with E-state index in [1.165, 1.54) is 0 Å². The normalized spacial score (nSPS) is 17.2. The molecule has 0 saturated carbocycles. The number of allylic oxidation sites excluding steroid dienone is 6. The Balaban J connectivity index is 1.07. The van der Waals surface area contributed by atoms with Crippen molar-refractivity contribution in [2.45, 2.75) is 58.2 Å². The fourth-order valence-electron chi connectivity index (χ4n) is 12.7. The first-order valence-electron chi connectivity index (χ1n) is 26.4. The smallest absolute Gasteiger partial charge is 0.163 e. The van der Waals surface area contributed by atoms with E-state index in [1.54, 1.807) is 42.7 Å². The van der Waals surface area contributed by atoms with Gasteiger partial charge >= 0.3 is 0 Å². The molecule has 78 heavy (non-hydrogen) atoms. The predicted molar refractivity (Wildman–Crippen MR) is 293 cm³/mol. The highest BCUT2D eigenvalue weighted by Crippen LogP contribution is 2.45. The van der Waals surface area contributed by atoms with Crippen LogP contribution in [-0.4, -0.2) is 92.3 Å². The summed E-state index contributed by atoms with van der Waals surface area (Å²) in [7, 11) is 9.73. The van der Waals surface area contributed by atoms with E-state index in [2.05, 4.69) is 51.1 Å². The molecule has 396 valence electrons. The molecule has 0 saturated heterocycles. The van der Waals surface area contributed by atoms with Crippen LogP contribution in [0.15, 0.2) is 140 Å². The minimum Gasteiger partial charge on any atom is -0.504 e. The molecule has 15 heteroatoms. The van der Waals surface area contributed by atoms with Crippen LogP contribution in [0.3, 0.4) is 0 Å². The van der Waals surface area contributed by atoms with Crippen LogP contribution in [0.25, 0.3) is 16.7 Å². The molecule has 7 aliphatic rings. The van der Waals surface area contributed by atoms with Gasteiger partial charge in [-0.2, -0.15) is 0 Å². The van der Waals surface area contributed by atoms with Gasteiger partial charge < -0.3 is 58.4 Å². The number of aromatic hydroxyl groups is 3. The quantitative estimate of drug-likeness (QED) is 0.190. The number of phenols is 3. The van der Waals surface area contributed by atoms with Crippen molar-refractivity contribution in [2.75, 3.05) is 62.3 Å². The molecule has 6 aromatic rings. The molecule has 7 aliphatic heterocycles. The van der Waals surface area contributed by atoms with Crippen LogP contribution in [0.1, 0.15) is 52.6 Å². The largest absolute Gasteiger partial charge is 0.504 e. The molecule has 0 bridgehead atoms. The number of phenolic OH excluding ortho intramolecular Hbond substituents is 3. The van der Waals surface area contributed by atoms with E-state index in [4.69, 9.17) is 43.4 Å². The summed E-state index contributed by atoms with van der Waals surface area (Å²) in [6, 6.07) is 29.9. The minimum absolute atomic E-state index is 0.0590. The monoisotopic (exact) mass is 1040 g/mol. The third kappa shape index (κ3) is 7.96. The molecule has 0 unspecified atom stereocenters. The molecule has 0 radical (unpaired) electrons. The van der Waals surface area contributed by atoms with Crippen LogP contribution < -0.4 is 60.1 Å². The topological polar surface area (TPSA) is 163 Å². The Morgan fingerprint density at radius 1 is 0.372 bits per heavy atom. The van der Waals surface area contributed by atoms with Crippen LogP contribution in [0.5, 0.6) is 51.7 Å². The standard InChI is InChI=1S/C63H60N6O9/c1-73-37-10-13-40-43-19-22-67-31-46-35(8-17-56(77-5)61(46)70)26-53-59-45(42-15-12-38(74-2)29-50(42)65-59)21-24-69(53)33-48-36(9-18-57(78-6)63(48)72)27-54-60-44(41-14-11-39(75-3)30-51(41)66-60)20-23-68(54)32-47-34(7-16-55(76-4)62(47)71)25-52(67)58(43)64-49(40)28-37/h7-18,28-30,70-72H,19-27,31-33H2,1-6H3.